The van der Waals surface area contributed by atoms with E-state index in [1.165, 1.54) is 0 Å². The molecule has 1 unspecified atom stereocenters. The summed E-state index contributed by atoms with van der Waals surface area (Å²) in [6.07, 6.45) is 0. The monoisotopic (exact) mass is 226 g/mol. The Morgan fingerprint density at radius 2 is 1.59 bits per heavy atom. The molecule has 0 aromatic heterocycles. The molecule has 0 amide bonds. The number of nitrogen functional groups attached to an aromatic ring is 3. The summed E-state index contributed by atoms with van der Waals surface area (Å²) in [4.78, 5) is 0. The summed E-state index contributed by atoms with van der Waals surface area (Å²) >= 11 is 0. The second-order valence-corrected chi connectivity index (χ2v) is 4.32. The van der Waals surface area contributed by atoms with Gasteiger partial charge < -0.3 is 22.9 Å². The van der Waals surface area contributed by atoms with Crippen molar-refractivity contribution >= 4 is 17.1 Å². The Labute approximate surface area is 99.2 Å². The molecule has 1 atom stereocenters. The van der Waals surface area contributed by atoms with E-state index >= 15 is 0 Å². The van der Waals surface area contributed by atoms with Gasteiger partial charge in [-0.15, -0.1) is 0 Å². The highest BCUT2D eigenvalue weighted by Crippen LogP contribution is 2.48. The Bertz CT molecular complexity index is 619. The highest BCUT2D eigenvalue weighted by molar-refractivity contribution is 5.93. The van der Waals surface area contributed by atoms with E-state index in [1.807, 2.05) is 30.3 Å². The van der Waals surface area contributed by atoms with E-state index in [-0.39, 0.29) is 6.04 Å². The largest absolute Gasteiger partial charge is 0.397 e. The number of fused-ring (bicyclic) bond motifs is 3. The van der Waals surface area contributed by atoms with Crippen molar-refractivity contribution in [1.82, 2.24) is 0 Å². The van der Waals surface area contributed by atoms with Gasteiger partial charge in [-0.1, -0.05) is 24.3 Å². The Hall–Kier alpha value is -2.20. The molecular formula is C13H14N4. The molecule has 17 heavy (non-hydrogen) atoms. The molecule has 0 aliphatic heterocycles. The van der Waals surface area contributed by atoms with Gasteiger partial charge in [-0.2, -0.15) is 0 Å². The number of benzene rings is 2. The SMILES string of the molecule is Nc1cc2c(c(N)c1N)C(N)c1ccccc1-2. The van der Waals surface area contributed by atoms with Gasteiger partial charge in [0, 0.05) is 5.56 Å². The van der Waals surface area contributed by atoms with Crippen LogP contribution in [0.1, 0.15) is 17.2 Å². The summed E-state index contributed by atoms with van der Waals surface area (Å²) in [5.74, 6) is 0. The smallest absolute Gasteiger partial charge is 0.0785 e. The van der Waals surface area contributed by atoms with E-state index < -0.39 is 0 Å². The van der Waals surface area contributed by atoms with Crippen LogP contribution in [0.15, 0.2) is 30.3 Å². The molecule has 4 nitrogen and oxygen atoms in total. The molecule has 0 fully saturated rings. The van der Waals surface area contributed by atoms with Crippen molar-refractivity contribution < 1.29 is 0 Å². The Morgan fingerprint density at radius 1 is 0.882 bits per heavy atom. The van der Waals surface area contributed by atoms with Gasteiger partial charge in [-0.05, 0) is 22.8 Å². The van der Waals surface area contributed by atoms with Crippen molar-refractivity contribution in [3.63, 3.8) is 0 Å². The molecule has 3 rings (SSSR count). The highest BCUT2D eigenvalue weighted by atomic mass is 14.8. The molecule has 8 N–H and O–H groups in total. The molecule has 0 spiro atoms. The van der Waals surface area contributed by atoms with Crippen LogP contribution in [0.2, 0.25) is 0 Å². The zero-order chi connectivity index (χ0) is 12.2. The first kappa shape index (κ1) is 9.99. The molecule has 2 aromatic rings. The van der Waals surface area contributed by atoms with Crippen molar-refractivity contribution in [2.75, 3.05) is 17.2 Å². The minimum Gasteiger partial charge on any atom is -0.397 e. The average molecular weight is 226 g/mol. The summed E-state index contributed by atoms with van der Waals surface area (Å²) < 4.78 is 0. The fourth-order valence-corrected chi connectivity index (χ4v) is 2.48. The molecule has 2 aromatic carbocycles. The second-order valence-electron chi connectivity index (χ2n) is 4.32. The Balaban J connectivity index is 2.39. The van der Waals surface area contributed by atoms with Crippen molar-refractivity contribution in [1.29, 1.82) is 0 Å². The van der Waals surface area contributed by atoms with Crippen LogP contribution in [-0.4, -0.2) is 0 Å². The molecule has 0 saturated heterocycles. The molecule has 0 heterocycles. The highest BCUT2D eigenvalue weighted by Gasteiger charge is 2.29. The third-order valence-corrected chi connectivity index (χ3v) is 3.38. The fourth-order valence-electron chi connectivity index (χ4n) is 2.48. The van der Waals surface area contributed by atoms with E-state index in [4.69, 9.17) is 22.9 Å². The third kappa shape index (κ3) is 1.15. The number of hydrogen-bond donors (Lipinski definition) is 4. The lowest BCUT2D eigenvalue weighted by Crippen LogP contribution is -2.12. The minimum absolute atomic E-state index is 0.218. The fraction of sp³-hybridized carbons (Fsp3) is 0.0769. The van der Waals surface area contributed by atoms with Crippen LogP contribution < -0.4 is 22.9 Å². The van der Waals surface area contributed by atoms with E-state index in [0.29, 0.717) is 17.1 Å². The van der Waals surface area contributed by atoms with Gasteiger partial charge >= 0.3 is 0 Å². The van der Waals surface area contributed by atoms with Crippen LogP contribution in [0.4, 0.5) is 17.1 Å². The molecular weight excluding hydrogens is 212 g/mol. The van der Waals surface area contributed by atoms with Crippen LogP contribution in [0.25, 0.3) is 11.1 Å². The second kappa shape index (κ2) is 3.15. The predicted octanol–water partition coefficient (Wildman–Crippen LogP) is 1.46. The summed E-state index contributed by atoms with van der Waals surface area (Å²) in [6.45, 7) is 0. The first-order chi connectivity index (χ1) is 8.11. The quantitative estimate of drug-likeness (QED) is 0.510. The van der Waals surface area contributed by atoms with Gasteiger partial charge in [-0.3, -0.25) is 0 Å². The summed E-state index contributed by atoms with van der Waals surface area (Å²) in [5.41, 5.74) is 29.4. The number of nitrogens with two attached hydrogens (primary N) is 4. The van der Waals surface area contributed by atoms with E-state index in [0.717, 1.165) is 22.3 Å². The van der Waals surface area contributed by atoms with Crippen LogP contribution >= 0.6 is 0 Å². The number of anilines is 3. The molecule has 1 aliphatic rings. The lowest BCUT2D eigenvalue weighted by Gasteiger charge is -2.13. The van der Waals surface area contributed by atoms with Crippen LogP contribution in [-0.2, 0) is 0 Å². The van der Waals surface area contributed by atoms with Crippen molar-refractivity contribution in [3.05, 3.63) is 41.5 Å². The molecule has 0 saturated carbocycles. The Kier molecular flexibility index (Phi) is 1.85. The summed E-state index contributed by atoms with van der Waals surface area (Å²) in [6, 6.07) is 9.61. The van der Waals surface area contributed by atoms with Crippen molar-refractivity contribution in [2.24, 2.45) is 5.73 Å². The maximum absolute atomic E-state index is 6.20. The summed E-state index contributed by atoms with van der Waals surface area (Å²) in [7, 11) is 0. The first-order valence-electron chi connectivity index (χ1n) is 5.43. The molecule has 4 heteroatoms. The van der Waals surface area contributed by atoms with Crippen molar-refractivity contribution in [2.45, 2.75) is 6.04 Å². The predicted molar refractivity (Wildman–Crippen MR) is 71.1 cm³/mol. The minimum atomic E-state index is -0.218. The van der Waals surface area contributed by atoms with Crippen LogP contribution in [0, 0.1) is 0 Å². The van der Waals surface area contributed by atoms with Crippen LogP contribution in [0.5, 0.6) is 0 Å². The standard InChI is InChI=1S/C13H14N4/c14-9-5-8-6-3-1-2-4-7(6)11(15)10(8)13(17)12(9)16/h1-5,11H,14-17H2. The zero-order valence-electron chi connectivity index (χ0n) is 9.27. The molecule has 1 aliphatic carbocycles. The van der Waals surface area contributed by atoms with E-state index in [2.05, 4.69) is 0 Å². The first-order valence-corrected chi connectivity index (χ1v) is 5.43. The topological polar surface area (TPSA) is 104 Å². The maximum atomic E-state index is 6.20. The molecule has 86 valence electrons. The molecule has 0 radical (unpaired) electrons. The molecule has 0 bridgehead atoms. The van der Waals surface area contributed by atoms with E-state index in [1.54, 1.807) is 0 Å². The average Bonchev–Trinajstić information content (AvgIpc) is 2.61. The lowest BCUT2D eigenvalue weighted by molar-refractivity contribution is 0.904. The van der Waals surface area contributed by atoms with Crippen molar-refractivity contribution in [3.8, 4) is 11.1 Å². The normalized spacial score (nSPS) is 16.6. The van der Waals surface area contributed by atoms with Gasteiger partial charge in [0.05, 0.1) is 23.1 Å². The zero-order valence-corrected chi connectivity index (χ0v) is 9.27. The van der Waals surface area contributed by atoms with Crippen LogP contribution in [0.3, 0.4) is 0 Å². The van der Waals surface area contributed by atoms with Gasteiger partial charge in [-0.25, -0.2) is 0 Å². The lowest BCUT2D eigenvalue weighted by atomic mass is 10.0. The van der Waals surface area contributed by atoms with Gasteiger partial charge in [0.2, 0.25) is 0 Å². The summed E-state index contributed by atoms with van der Waals surface area (Å²) in [5, 5.41) is 0. The third-order valence-electron chi connectivity index (χ3n) is 3.38. The van der Waals surface area contributed by atoms with Gasteiger partial charge in [0.15, 0.2) is 0 Å². The van der Waals surface area contributed by atoms with Gasteiger partial charge in [0.1, 0.15) is 0 Å². The number of rotatable bonds is 0. The van der Waals surface area contributed by atoms with Gasteiger partial charge in [0.25, 0.3) is 0 Å². The number of hydrogen-bond acceptors (Lipinski definition) is 4. The maximum Gasteiger partial charge on any atom is 0.0785 e. The Morgan fingerprint density at radius 3 is 2.35 bits per heavy atom. The van der Waals surface area contributed by atoms with E-state index in [9.17, 15) is 0 Å².